The highest BCUT2D eigenvalue weighted by molar-refractivity contribution is 5.18. The smallest absolute Gasteiger partial charge is 0.130 e. The lowest BCUT2D eigenvalue weighted by atomic mass is 10.2. The molecule has 0 saturated heterocycles. The number of hydrogen-bond acceptors (Lipinski definition) is 3. The van der Waals surface area contributed by atoms with Crippen molar-refractivity contribution in [3.63, 3.8) is 0 Å². The summed E-state index contributed by atoms with van der Waals surface area (Å²) in [5, 5.41) is 6.54. The van der Waals surface area contributed by atoms with Crippen LogP contribution in [0.25, 0.3) is 0 Å². The topological polar surface area (TPSA) is 38.1 Å². The van der Waals surface area contributed by atoms with Gasteiger partial charge in [-0.05, 0) is 6.07 Å². The van der Waals surface area contributed by atoms with E-state index in [0.717, 1.165) is 11.6 Å². The molecule has 0 saturated carbocycles. The van der Waals surface area contributed by atoms with Gasteiger partial charge in [0.1, 0.15) is 17.9 Å². The Morgan fingerprint density at radius 3 is 2.81 bits per heavy atom. The highest BCUT2D eigenvalue weighted by Gasteiger charge is 2.03. The van der Waals surface area contributed by atoms with E-state index in [1.54, 1.807) is 6.20 Å². The lowest BCUT2D eigenvalue weighted by Crippen LogP contribution is -2.13. The van der Waals surface area contributed by atoms with Crippen molar-refractivity contribution >= 4 is 0 Å². The summed E-state index contributed by atoms with van der Waals surface area (Å²) in [5.74, 6) is -1.11. The molecule has 1 heterocycles. The minimum Gasteiger partial charge on any atom is -0.364 e. The molecule has 0 bridgehead atoms. The SMILES string of the molecule is Fc1ccc(CNCc2cnoc2)c(F)c1. The van der Waals surface area contributed by atoms with E-state index in [4.69, 9.17) is 0 Å². The third kappa shape index (κ3) is 2.64. The minimum atomic E-state index is -0.569. The van der Waals surface area contributed by atoms with Crippen molar-refractivity contribution in [3.05, 3.63) is 53.4 Å². The second-order valence-corrected chi connectivity index (χ2v) is 3.37. The third-order valence-electron chi connectivity index (χ3n) is 2.14. The van der Waals surface area contributed by atoms with E-state index in [-0.39, 0.29) is 0 Å². The summed E-state index contributed by atoms with van der Waals surface area (Å²) in [6.45, 7) is 0.859. The Hall–Kier alpha value is -1.75. The fourth-order valence-corrected chi connectivity index (χ4v) is 1.32. The zero-order valence-electron chi connectivity index (χ0n) is 8.41. The number of halogens is 2. The molecule has 0 unspecified atom stereocenters. The van der Waals surface area contributed by atoms with Crippen molar-refractivity contribution in [3.8, 4) is 0 Å². The highest BCUT2D eigenvalue weighted by Crippen LogP contribution is 2.09. The van der Waals surface area contributed by atoms with Crippen LogP contribution >= 0.6 is 0 Å². The van der Waals surface area contributed by atoms with E-state index in [9.17, 15) is 8.78 Å². The molecule has 0 aliphatic rings. The van der Waals surface area contributed by atoms with E-state index in [1.165, 1.54) is 18.4 Å². The van der Waals surface area contributed by atoms with Crippen LogP contribution in [0, 0.1) is 11.6 Å². The normalized spacial score (nSPS) is 10.6. The Labute approximate surface area is 91.1 Å². The van der Waals surface area contributed by atoms with Crippen LogP contribution in [0.4, 0.5) is 8.78 Å². The molecule has 84 valence electrons. The van der Waals surface area contributed by atoms with Crippen LogP contribution < -0.4 is 5.32 Å². The Morgan fingerprint density at radius 1 is 1.25 bits per heavy atom. The van der Waals surface area contributed by atoms with Crippen molar-refractivity contribution in [1.82, 2.24) is 10.5 Å². The summed E-state index contributed by atoms with van der Waals surface area (Å²) in [7, 11) is 0. The first-order valence-electron chi connectivity index (χ1n) is 4.78. The van der Waals surface area contributed by atoms with Gasteiger partial charge in [0.25, 0.3) is 0 Å². The molecule has 0 aliphatic heterocycles. The molecule has 0 aliphatic carbocycles. The maximum Gasteiger partial charge on any atom is 0.130 e. The summed E-state index contributed by atoms with van der Waals surface area (Å²) in [4.78, 5) is 0. The molecule has 0 atom stereocenters. The van der Waals surface area contributed by atoms with E-state index in [1.807, 2.05) is 0 Å². The van der Waals surface area contributed by atoms with Crippen LogP contribution in [-0.4, -0.2) is 5.16 Å². The van der Waals surface area contributed by atoms with Crippen LogP contribution in [0.15, 0.2) is 35.2 Å². The minimum absolute atomic E-state index is 0.331. The fraction of sp³-hybridized carbons (Fsp3) is 0.182. The van der Waals surface area contributed by atoms with Crippen LogP contribution in [0.5, 0.6) is 0 Å². The average Bonchev–Trinajstić information content (AvgIpc) is 2.74. The summed E-state index contributed by atoms with van der Waals surface area (Å²) in [6, 6.07) is 3.53. The molecule has 5 heteroatoms. The average molecular weight is 224 g/mol. The molecule has 2 aromatic rings. The Morgan fingerprint density at radius 2 is 2.12 bits per heavy atom. The van der Waals surface area contributed by atoms with Gasteiger partial charge in [-0.25, -0.2) is 8.78 Å². The highest BCUT2D eigenvalue weighted by atomic mass is 19.1. The molecule has 0 spiro atoms. The Bertz CT molecular complexity index is 457. The van der Waals surface area contributed by atoms with Gasteiger partial charge >= 0.3 is 0 Å². The number of benzene rings is 1. The number of nitrogens with one attached hydrogen (secondary N) is 1. The van der Waals surface area contributed by atoms with Gasteiger partial charge in [0.05, 0.1) is 6.20 Å². The van der Waals surface area contributed by atoms with E-state index in [0.29, 0.717) is 18.7 Å². The van der Waals surface area contributed by atoms with Gasteiger partial charge in [-0.3, -0.25) is 0 Å². The fourth-order valence-electron chi connectivity index (χ4n) is 1.32. The molecule has 16 heavy (non-hydrogen) atoms. The molecule has 0 amide bonds. The van der Waals surface area contributed by atoms with Crippen molar-refractivity contribution in [2.45, 2.75) is 13.1 Å². The number of hydrogen-bond donors (Lipinski definition) is 1. The van der Waals surface area contributed by atoms with Gasteiger partial charge in [-0.15, -0.1) is 0 Å². The molecule has 1 aromatic carbocycles. The summed E-state index contributed by atoms with van der Waals surface area (Å²) >= 11 is 0. The molecular weight excluding hydrogens is 214 g/mol. The summed E-state index contributed by atoms with van der Waals surface area (Å²) < 4.78 is 30.5. The van der Waals surface area contributed by atoms with Gasteiger partial charge in [0, 0.05) is 30.3 Å². The maximum atomic E-state index is 13.2. The lowest BCUT2D eigenvalue weighted by Gasteiger charge is -2.04. The Kier molecular flexibility index (Phi) is 3.26. The van der Waals surface area contributed by atoms with Gasteiger partial charge in [-0.1, -0.05) is 11.2 Å². The van der Waals surface area contributed by atoms with E-state index >= 15 is 0 Å². The number of rotatable bonds is 4. The predicted octanol–water partition coefficient (Wildman–Crippen LogP) is 2.24. The van der Waals surface area contributed by atoms with Crippen LogP contribution in [0.1, 0.15) is 11.1 Å². The second kappa shape index (κ2) is 4.85. The molecular formula is C11H10F2N2O. The molecule has 0 radical (unpaired) electrons. The molecule has 3 nitrogen and oxygen atoms in total. The van der Waals surface area contributed by atoms with Gasteiger partial charge in [0.2, 0.25) is 0 Å². The van der Waals surface area contributed by atoms with Gasteiger partial charge in [-0.2, -0.15) is 0 Å². The first-order chi connectivity index (χ1) is 7.75. The largest absolute Gasteiger partial charge is 0.364 e. The monoisotopic (exact) mass is 224 g/mol. The second-order valence-electron chi connectivity index (χ2n) is 3.37. The molecule has 2 rings (SSSR count). The maximum absolute atomic E-state index is 13.2. The van der Waals surface area contributed by atoms with Crippen molar-refractivity contribution in [2.75, 3.05) is 0 Å². The molecule has 0 fully saturated rings. The predicted molar refractivity (Wildman–Crippen MR) is 53.4 cm³/mol. The molecule has 1 N–H and O–H groups in total. The van der Waals surface area contributed by atoms with Crippen molar-refractivity contribution < 1.29 is 13.3 Å². The Balaban J connectivity index is 1.90. The lowest BCUT2D eigenvalue weighted by molar-refractivity contribution is 0.418. The standard InChI is InChI=1S/C11H10F2N2O/c12-10-2-1-9(11(13)3-10)6-14-4-8-5-15-16-7-8/h1-3,5,7,14H,4,6H2. The first-order valence-corrected chi connectivity index (χ1v) is 4.78. The van der Waals surface area contributed by atoms with Crippen molar-refractivity contribution in [1.29, 1.82) is 0 Å². The van der Waals surface area contributed by atoms with E-state index < -0.39 is 11.6 Å². The number of aromatic nitrogens is 1. The number of nitrogens with zero attached hydrogens (tertiary/aromatic N) is 1. The zero-order valence-corrected chi connectivity index (χ0v) is 8.41. The summed E-state index contributed by atoms with van der Waals surface area (Å²) in [6.07, 6.45) is 3.09. The van der Waals surface area contributed by atoms with Gasteiger partial charge in [0.15, 0.2) is 0 Å². The summed E-state index contributed by atoms with van der Waals surface area (Å²) in [5.41, 5.74) is 1.31. The van der Waals surface area contributed by atoms with Crippen LogP contribution in [0.2, 0.25) is 0 Å². The van der Waals surface area contributed by atoms with Crippen LogP contribution in [0.3, 0.4) is 0 Å². The zero-order chi connectivity index (χ0) is 11.4. The molecule has 1 aromatic heterocycles. The van der Waals surface area contributed by atoms with Gasteiger partial charge < -0.3 is 9.84 Å². The third-order valence-corrected chi connectivity index (χ3v) is 2.14. The quantitative estimate of drug-likeness (QED) is 0.865. The van der Waals surface area contributed by atoms with E-state index in [2.05, 4.69) is 15.0 Å². The first kappa shape index (κ1) is 10.8. The van der Waals surface area contributed by atoms with Crippen molar-refractivity contribution in [2.24, 2.45) is 0 Å². The van der Waals surface area contributed by atoms with Crippen LogP contribution in [-0.2, 0) is 13.1 Å².